The van der Waals surface area contributed by atoms with E-state index in [0.29, 0.717) is 24.2 Å². The summed E-state index contributed by atoms with van der Waals surface area (Å²) in [5.74, 6) is 0.587. The zero-order chi connectivity index (χ0) is 14.5. The summed E-state index contributed by atoms with van der Waals surface area (Å²) >= 11 is 0. The Morgan fingerprint density at radius 3 is 2.95 bits per heavy atom. The van der Waals surface area contributed by atoms with Crippen LogP contribution in [0.25, 0.3) is 0 Å². The van der Waals surface area contributed by atoms with E-state index in [1.807, 2.05) is 6.92 Å². The third kappa shape index (κ3) is 2.79. The molecule has 0 spiro atoms. The Hall–Kier alpha value is -2.77. The standard InChI is InChI=1S/C12H12N4O4/c1-2-15-12(13-8-14-15)7-20-11-5-9(6-17)3-4-10(11)16(18)19/h3-6,8H,2,7H2,1H3. The SMILES string of the molecule is CCn1ncnc1COc1cc(C=O)ccc1[N+](=O)[O-]. The van der Waals surface area contributed by atoms with Gasteiger partial charge in [-0.2, -0.15) is 5.10 Å². The van der Waals surface area contributed by atoms with Gasteiger partial charge in [-0.25, -0.2) is 9.67 Å². The quantitative estimate of drug-likeness (QED) is 0.451. The van der Waals surface area contributed by atoms with Gasteiger partial charge in [0.2, 0.25) is 0 Å². The van der Waals surface area contributed by atoms with Gasteiger partial charge < -0.3 is 4.74 Å². The van der Waals surface area contributed by atoms with Gasteiger partial charge in [-0.05, 0) is 19.1 Å². The van der Waals surface area contributed by atoms with Crippen molar-refractivity contribution >= 4 is 12.0 Å². The predicted octanol–water partition coefficient (Wildman–Crippen LogP) is 1.60. The Morgan fingerprint density at radius 2 is 2.30 bits per heavy atom. The highest BCUT2D eigenvalue weighted by Crippen LogP contribution is 2.28. The van der Waals surface area contributed by atoms with Crippen LogP contribution in [0.15, 0.2) is 24.5 Å². The van der Waals surface area contributed by atoms with Gasteiger partial charge in [0, 0.05) is 18.2 Å². The molecule has 1 heterocycles. The van der Waals surface area contributed by atoms with E-state index in [2.05, 4.69) is 10.1 Å². The van der Waals surface area contributed by atoms with Crippen molar-refractivity contribution in [3.8, 4) is 5.75 Å². The van der Waals surface area contributed by atoms with E-state index in [1.165, 1.54) is 24.5 Å². The Kier molecular flexibility index (Phi) is 4.04. The van der Waals surface area contributed by atoms with Crippen molar-refractivity contribution in [3.63, 3.8) is 0 Å². The van der Waals surface area contributed by atoms with E-state index in [0.717, 1.165) is 0 Å². The second-order valence-electron chi connectivity index (χ2n) is 3.88. The number of nitro benzene ring substituents is 1. The first kappa shape index (κ1) is 13.7. The molecule has 0 bridgehead atoms. The normalized spacial score (nSPS) is 10.2. The molecule has 2 aromatic rings. The monoisotopic (exact) mass is 276 g/mol. The van der Waals surface area contributed by atoms with Crippen molar-refractivity contribution in [1.29, 1.82) is 0 Å². The van der Waals surface area contributed by atoms with Crippen LogP contribution in [0.5, 0.6) is 5.75 Å². The molecule has 1 aromatic heterocycles. The molecule has 0 amide bonds. The van der Waals surface area contributed by atoms with Crippen molar-refractivity contribution in [1.82, 2.24) is 14.8 Å². The first-order chi connectivity index (χ1) is 9.65. The molecule has 0 aliphatic heterocycles. The van der Waals surface area contributed by atoms with Crippen molar-refractivity contribution in [2.24, 2.45) is 0 Å². The molecule has 0 atom stereocenters. The average molecular weight is 276 g/mol. The molecule has 104 valence electrons. The predicted molar refractivity (Wildman–Crippen MR) is 68.5 cm³/mol. The van der Waals surface area contributed by atoms with Crippen LogP contribution in [0.3, 0.4) is 0 Å². The van der Waals surface area contributed by atoms with Crippen LogP contribution in [0, 0.1) is 10.1 Å². The molecule has 2 rings (SSSR count). The number of carbonyl (C=O) groups excluding carboxylic acids is 1. The number of nitrogens with zero attached hydrogens (tertiary/aromatic N) is 4. The van der Waals surface area contributed by atoms with Gasteiger partial charge >= 0.3 is 5.69 Å². The highest BCUT2D eigenvalue weighted by atomic mass is 16.6. The molecule has 0 saturated heterocycles. The van der Waals surface area contributed by atoms with Crippen LogP contribution in [0.1, 0.15) is 23.1 Å². The number of hydrogen-bond donors (Lipinski definition) is 0. The number of rotatable bonds is 6. The van der Waals surface area contributed by atoms with Crippen LogP contribution in [0.4, 0.5) is 5.69 Å². The van der Waals surface area contributed by atoms with Crippen molar-refractivity contribution in [3.05, 3.63) is 46.0 Å². The summed E-state index contributed by atoms with van der Waals surface area (Å²) in [5, 5.41) is 14.9. The highest BCUT2D eigenvalue weighted by molar-refractivity contribution is 5.76. The third-order valence-corrected chi connectivity index (χ3v) is 2.67. The maximum absolute atomic E-state index is 10.9. The Balaban J connectivity index is 2.23. The van der Waals surface area contributed by atoms with Crippen molar-refractivity contribution in [2.45, 2.75) is 20.1 Å². The van der Waals surface area contributed by atoms with Gasteiger partial charge in [-0.3, -0.25) is 14.9 Å². The van der Waals surface area contributed by atoms with Gasteiger partial charge in [0.1, 0.15) is 19.2 Å². The summed E-state index contributed by atoms with van der Waals surface area (Å²) in [5.41, 5.74) is 0.112. The minimum absolute atomic E-state index is 0.0326. The largest absolute Gasteiger partial charge is 0.479 e. The molecule has 0 radical (unpaired) electrons. The fourth-order valence-electron chi connectivity index (χ4n) is 1.68. The lowest BCUT2D eigenvalue weighted by Crippen LogP contribution is -2.08. The fraction of sp³-hybridized carbons (Fsp3) is 0.250. The number of carbonyl (C=O) groups is 1. The molecule has 8 nitrogen and oxygen atoms in total. The van der Waals surface area contributed by atoms with E-state index in [-0.39, 0.29) is 18.0 Å². The molecule has 0 aliphatic carbocycles. The summed E-state index contributed by atoms with van der Waals surface area (Å²) in [6.07, 6.45) is 1.99. The minimum Gasteiger partial charge on any atom is -0.479 e. The van der Waals surface area contributed by atoms with Crippen LogP contribution < -0.4 is 4.74 Å². The van der Waals surface area contributed by atoms with Gasteiger partial charge in [0.05, 0.1) is 4.92 Å². The van der Waals surface area contributed by atoms with Gasteiger partial charge in [-0.1, -0.05) is 0 Å². The van der Waals surface area contributed by atoms with E-state index in [9.17, 15) is 14.9 Å². The lowest BCUT2D eigenvalue weighted by Gasteiger charge is -2.07. The second kappa shape index (κ2) is 5.91. The number of aromatic nitrogens is 3. The Morgan fingerprint density at radius 1 is 1.50 bits per heavy atom. The molecular weight excluding hydrogens is 264 g/mol. The van der Waals surface area contributed by atoms with E-state index in [4.69, 9.17) is 4.74 Å². The first-order valence-corrected chi connectivity index (χ1v) is 5.88. The van der Waals surface area contributed by atoms with E-state index >= 15 is 0 Å². The van der Waals surface area contributed by atoms with Crippen LogP contribution in [-0.2, 0) is 13.2 Å². The topological polar surface area (TPSA) is 100 Å². The molecule has 1 aromatic carbocycles. The number of ether oxygens (including phenoxy) is 1. The number of hydrogen-bond acceptors (Lipinski definition) is 6. The van der Waals surface area contributed by atoms with E-state index < -0.39 is 4.92 Å². The van der Waals surface area contributed by atoms with Gasteiger partial charge in [0.15, 0.2) is 11.6 Å². The number of aldehydes is 1. The van der Waals surface area contributed by atoms with Crippen LogP contribution in [-0.4, -0.2) is 26.0 Å². The lowest BCUT2D eigenvalue weighted by molar-refractivity contribution is -0.386. The maximum Gasteiger partial charge on any atom is 0.310 e. The zero-order valence-corrected chi connectivity index (χ0v) is 10.7. The van der Waals surface area contributed by atoms with Crippen LogP contribution in [0.2, 0.25) is 0 Å². The molecule has 8 heteroatoms. The van der Waals surface area contributed by atoms with Crippen LogP contribution >= 0.6 is 0 Å². The number of aryl methyl sites for hydroxylation is 1. The third-order valence-electron chi connectivity index (χ3n) is 2.67. The summed E-state index contributed by atoms with van der Waals surface area (Å²) in [6, 6.07) is 3.94. The van der Waals surface area contributed by atoms with E-state index in [1.54, 1.807) is 4.68 Å². The number of nitro groups is 1. The zero-order valence-electron chi connectivity index (χ0n) is 10.7. The second-order valence-corrected chi connectivity index (χ2v) is 3.88. The highest BCUT2D eigenvalue weighted by Gasteiger charge is 2.16. The summed E-state index contributed by atoms with van der Waals surface area (Å²) in [4.78, 5) is 25.1. The van der Waals surface area contributed by atoms with Gasteiger partial charge in [0.25, 0.3) is 0 Å². The first-order valence-electron chi connectivity index (χ1n) is 5.88. The lowest BCUT2D eigenvalue weighted by atomic mass is 10.2. The molecule has 0 N–H and O–H groups in total. The smallest absolute Gasteiger partial charge is 0.310 e. The summed E-state index contributed by atoms with van der Waals surface area (Å²) in [6.45, 7) is 2.56. The average Bonchev–Trinajstić information content (AvgIpc) is 2.91. The summed E-state index contributed by atoms with van der Waals surface area (Å²) in [7, 11) is 0. The molecule has 0 saturated carbocycles. The van der Waals surface area contributed by atoms with Crippen molar-refractivity contribution < 1.29 is 14.5 Å². The molecule has 20 heavy (non-hydrogen) atoms. The van der Waals surface area contributed by atoms with Crippen molar-refractivity contribution in [2.75, 3.05) is 0 Å². The van der Waals surface area contributed by atoms with Gasteiger partial charge in [-0.15, -0.1) is 0 Å². The molecule has 0 aliphatic rings. The molecular formula is C12H12N4O4. The summed E-state index contributed by atoms with van der Waals surface area (Å²) < 4.78 is 7.02. The minimum atomic E-state index is -0.561. The fourth-order valence-corrected chi connectivity index (χ4v) is 1.68. The Bertz CT molecular complexity index is 638. The Labute approximate surface area is 114 Å². The molecule has 0 fully saturated rings. The molecule has 0 unspecified atom stereocenters. The number of benzene rings is 1. The maximum atomic E-state index is 10.9.